The molecule has 0 saturated heterocycles. The normalized spacial score (nSPS) is 11.2. The second kappa shape index (κ2) is 11.9. The molecule has 0 saturated carbocycles. The van der Waals surface area contributed by atoms with Gasteiger partial charge in [0.1, 0.15) is 0 Å². The van der Waals surface area contributed by atoms with Crippen LogP contribution in [-0.4, -0.2) is 39.5 Å². The molecule has 0 atom stereocenters. The Balaban J connectivity index is 1.87. The fourth-order valence-corrected chi connectivity index (χ4v) is 1.61. The monoisotopic (exact) mass is 263 g/mol. The zero-order chi connectivity index (χ0) is 13.6. The molecular formula is C16H25NO2. The number of hydrogen-bond donors (Lipinski definition) is 1. The van der Waals surface area contributed by atoms with Crippen molar-refractivity contribution in [2.75, 3.05) is 39.5 Å². The van der Waals surface area contributed by atoms with E-state index in [1.54, 1.807) is 0 Å². The molecule has 106 valence electrons. The second-order valence-electron chi connectivity index (χ2n) is 4.19. The van der Waals surface area contributed by atoms with Crippen LogP contribution in [0.2, 0.25) is 0 Å². The van der Waals surface area contributed by atoms with E-state index in [4.69, 9.17) is 9.47 Å². The van der Waals surface area contributed by atoms with Crippen LogP contribution in [0.25, 0.3) is 6.08 Å². The predicted molar refractivity (Wildman–Crippen MR) is 80.3 cm³/mol. The van der Waals surface area contributed by atoms with Crippen molar-refractivity contribution in [1.82, 2.24) is 5.32 Å². The van der Waals surface area contributed by atoms with Crippen molar-refractivity contribution in [3.05, 3.63) is 42.0 Å². The third-order valence-electron chi connectivity index (χ3n) is 2.59. The van der Waals surface area contributed by atoms with Gasteiger partial charge in [-0.25, -0.2) is 0 Å². The molecule has 0 amide bonds. The standard InChI is InChI=1S/C16H25NO2/c1-2-18-14-7-11-17-12-15-19-13-6-10-16-8-4-3-5-9-16/h3-6,8-10,17H,2,7,11-15H2,1H3. The molecule has 3 heteroatoms. The van der Waals surface area contributed by atoms with Crippen LogP contribution >= 0.6 is 0 Å². The van der Waals surface area contributed by atoms with Crippen LogP contribution in [-0.2, 0) is 9.47 Å². The summed E-state index contributed by atoms with van der Waals surface area (Å²) < 4.78 is 10.8. The lowest BCUT2D eigenvalue weighted by atomic mass is 10.2. The highest BCUT2D eigenvalue weighted by molar-refractivity contribution is 5.48. The summed E-state index contributed by atoms with van der Waals surface area (Å²) in [7, 11) is 0. The Labute approximate surface area is 116 Å². The summed E-state index contributed by atoms with van der Waals surface area (Å²) >= 11 is 0. The van der Waals surface area contributed by atoms with E-state index in [2.05, 4.69) is 23.5 Å². The first-order valence-corrected chi connectivity index (χ1v) is 7.01. The Kier molecular flexibility index (Phi) is 9.96. The average Bonchev–Trinajstić information content (AvgIpc) is 2.46. The fraction of sp³-hybridized carbons (Fsp3) is 0.500. The van der Waals surface area contributed by atoms with E-state index in [-0.39, 0.29) is 0 Å². The van der Waals surface area contributed by atoms with Crippen LogP contribution < -0.4 is 5.32 Å². The van der Waals surface area contributed by atoms with Gasteiger partial charge in [0.25, 0.3) is 0 Å². The lowest BCUT2D eigenvalue weighted by Gasteiger charge is -2.04. The minimum atomic E-state index is 0.662. The highest BCUT2D eigenvalue weighted by Gasteiger charge is 1.89. The van der Waals surface area contributed by atoms with E-state index in [1.165, 1.54) is 5.56 Å². The Bertz CT molecular complexity index is 325. The SMILES string of the molecule is CCOCCCNCCOCC=Cc1ccccc1. The van der Waals surface area contributed by atoms with Gasteiger partial charge in [-0.15, -0.1) is 0 Å². The molecule has 1 N–H and O–H groups in total. The third-order valence-corrected chi connectivity index (χ3v) is 2.59. The number of nitrogens with one attached hydrogen (secondary N) is 1. The number of ether oxygens (including phenoxy) is 2. The zero-order valence-corrected chi connectivity index (χ0v) is 11.8. The topological polar surface area (TPSA) is 30.5 Å². The van der Waals surface area contributed by atoms with E-state index < -0.39 is 0 Å². The lowest BCUT2D eigenvalue weighted by molar-refractivity contribution is 0.141. The van der Waals surface area contributed by atoms with Crippen molar-refractivity contribution in [3.8, 4) is 0 Å². The first-order valence-electron chi connectivity index (χ1n) is 7.01. The number of benzene rings is 1. The van der Waals surface area contributed by atoms with Crippen LogP contribution in [0.4, 0.5) is 0 Å². The molecule has 0 fully saturated rings. The third kappa shape index (κ3) is 9.42. The number of hydrogen-bond acceptors (Lipinski definition) is 3. The Morgan fingerprint density at radius 2 is 1.89 bits per heavy atom. The van der Waals surface area contributed by atoms with Crippen LogP contribution in [0.5, 0.6) is 0 Å². The molecule has 0 radical (unpaired) electrons. The summed E-state index contributed by atoms with van der Waals surface area (Å²) in [5.41, 5.74) is 1.21. The Morgan fingerprint density at radius 3 is 2.68 bits per heavy atom. The first kappa shape index (κ1) is 15.9. The summed E-state index contributed by atoms with van der Waals surface area (Å²) in [5, 5.41) is 3.32. The quantitative estimate of drug-likeness (QED) is 0.623. The van der Waals surface area contributed by atoms with E-state index in [9.17, 15) is 0 Å². The minimum Gasteiger partial charge on any atom is -0.382 e. The molecule has 1 aromatic rings. The van der Waals surface area contributed by atoms with Crippen molar-refractivity contribution in [2.24, 2.45) is 0 Å². The summed E-state index contributed by atoms with van der Waals surface area (Å²) in [4.78, 5) is 0. The van der Waals surface area contributed by atoms with Crippen molar-refractivity contribution in [1.29, 1.82) is 0 Å². The van der Waals surface area contributed by atoms with Crippen molar-refractivity contribution in [3.63, 3.8) is 0 Å². The average molecular weight is 263 g/mol. The highest BCUT2D eigenvalue weighted by atomic mass is 16.5. The molecule has 0 unspecified atom stereocenters. The Hall–Kier alpha value is -1.16. The number of rotatable bonds is 11. The molecule has 0 aliphatic heterocycles. The van der Waals surface area contributed by atoms with Gasteiger partial charge in [-0.3, -0.25) is 0 Å². The van der Waals surface area contributed by atoms with Gasteiger partial charge in [-0.2, -0.15) is 0 Å². The van der Waals surface area contributed by atoms with Crippen LogP contribution in [0.15, 0.2) is 36.4 Å². The van der Waals surface area contributed by atoms with Crippen LogP contribution in [0, 0.1) is 0 Å². The summed E-state index contributed by atoms with van der Waals surface area (Å²) in [6, 6.07) is 10.2. The summed E-state index contributed by atoms with van der Waals surface area (Å²) in [5.74, 6) is 0. The van der Waals surface area contributed by atoms with Crippen LogP contribution in [0.3, 0.4) is 0 Å². The molecule has 3 nitrogen and oxygen atoms in total. The van der Waals surface area contributed by atoms with Crippen molar-refractivity contribution < 1.29 is 9.47 Å². The van der Waals surface area contributed by atoms with E-state index >= 15 is 0 Å². The molecular weight excluding hydrogens is 238 g/mol. The van der Waals surface area contributed by atoms with Gasteiger partial charge >= 0.3 is 0 Å². The van der Waals surface area contributed by atoms with Gasteiger partial charge in [-0.05, 0) is 25.5 Å². The maximum atomic E-state index is 5.50. The second-order valence-corrected chi connectivity index (χ2v) is 4.19. The largest absolute Gasteiger partial charge is 0.382 e. The maximum absolute atomic E-state index is 5.50. The molecule has 0 aliphatic rings. The maximum Gasteiger partial charge on any atom is 0.0651 e. The van der Waals surface area contributed by atoms with Gasteiger partial charge in [-0.1, -0.05) is 42.5 Å². The zero-order valence-electron chi connectivity index (χ0n) is 11.8. The smallest absolute Gasteiger partial charge is 0.0651 e. The van der Waals surface area contributed by atoms with E-state index in [0.717, 1.165) is 39.3 Å². The Morgan fingerprint density at radius 1 is 1.05 bits per heavy atom. The van der Waals surface area contributed by atoms with Crippen molar-refractivity contribution >= 4 is 6.08 Å². The van der Waals surface area contributed by atoms with Gasteiger partial charge in [0.15, 0.2) is 0 Å². The fourth-order valence-electron chi connectivity index (χ4n) is 1.61. The van der Waals surface area contributed by atoms with E-state index in [0.29, 0.717) is 6.61 Å². The lowest BCUT2D eigenvalue weighted by Crippen LogP contribution is -2.21. The molecule has 0 aliphatic carbocycles. The van der Waals surface area contributed by atoms with Gasteiger partial charge in [0.05, 0.1) is 13.2 Å². The minimum absolute atomic E-state index is 0.662. The molecule has 1 aromatic carbocycles. The van der Waals surface area contributed by atoms with Gasteiger partial charge in [0.2, 0.25) is 0 Å². The first-order chi connectivity index (χ1) is 9.43. The van der Waals surface area contributed by atoms with Gasteiger partial charge < -0.3 is 14.8 Å². The summed E-state index contributed by atoms with van der Waals surface area (Å²) in [6.45, 7) is 6.95. The molecule has 0 bridgehead atoms. The van der Waals surface area contributed by atoms with E-state index in [1.807, 2.05) is 31.2 Å². The molecule has 0 heterocycles. The molecule has 1 rings (SSSR count). The molecule has 19 heavy (non-hydrogen) atoms. The van der Waals surface area contributed by atoms with Crippen LogP contribution in [0.1, 0.15) is 18.9 Å². The summed E-state index contributed by atoms with van der Waals surface area (Å²) in [6.07, 6.45) is 5.18. The molecule has 0 spiro atoms. The predicted octanol–water partition coefficient (Wildman–Crippen LogP) is 2.73. The molecule has 0 aromatic heterocycles. The van der Waals surface area contributed by atoms with Crippen molar-refractivity contribution in [2.45, 2.75) is 13.3 Å². The van der Waals surface area contributed by atoms with Gasteiger partial charge in [0, 0.05) is 19.8 Å². The highest BCUT2D eigenvalue weighted by Crippen LogP contribution is 2.00.